The Bertz CT molecular complexity index is 547. The van der Waals surface area contributed by atoms with Gasteiger partial charge in [-0.15, -0.1) is 11.3 Å². The van der Waals surface area contributed by atoms with Gasteiger partial charge in [-0.2, -0.15) is 0 Å². The van der Waals surface area contributed by atoms with Crippen molar-refractivity contribution < 1.29 is 9.53 Å². The van der Waals surface area contributed by atoms with Crippen molar-refractivity contribution >= 4 is 17.3 Å². The largest absolute Gasteiger partial charge is 0.453 e. The van der Waals surface area contributed by atoms with Gasteiger partial charge < -0.3 is 4.74 Å². The van der Waals surface area contributed by atoms with Crippen LogP contribution >= 0.6 is 11.3 Å². The van der Waals surface area contributed by atoms with Crippen molar-refractivity contribution in [3.05, 3.63) is 58.3 Å². The van der Waals surface area contributed by atoms with Crippen molar-refractivity contribution in [2.75, 3.05) is 0 Å². The summed E-state index contributed by atoms with van der Waals surface area (Å²) in [5.41, 5.74) is 0.645. The second-order valence-corrected chi connectivity index (χ2v) is 5.67. The van der Waals surface area contributed by atoms with E-state index in [1.807, 2.05) is 42.6 Å². The van der Waals surface area contributed by atoms with Gasteiger partial charge in [0.05, 0.1) is 6.42 Å². The third-order valence-corrected chi connectivity index (χ3v) is 4.66. The number of hydrogen-bond acceptors (Lipinski definition) is 3. The molecule has 1 aromatic heterocycles. The molecule has 0 bridgehead atoms. The first-order chi connectivity index (χ1) is 8.70. The first-order valence-corrected chi connectivity index (χ1v) is 6.89. The van der Waals surface area contributed by atoms with Gasteiger partial charge in [0, 0.05) is 10.8 Å². The zero-order valence-electron chi connectivity index (χ0n) is 10.1. The lowest BCUT2D eigenvalue weighted by molar-refractivity contribution is -0.148. The van der Waals surface area contributed by atoms with Gasteiger partial charge in [0.1, 0.15) is 0 Å². The van der Waals surface area contributed by atoms with Crippen LogP contribution < -0.4 is 0 Å². The smallest absolute Gasteiger partial charge is 0.307 e. The molecule has 0 aliphatic carbocycles. The van der Waals surface area contributed by atoms with Crippen molar-refractivity contribution in [1.82, 2.24) is 0 Å². The Kier molecular flexibility index (Phi) is 2.71. The summed E-state index contributed by atoms with van der Waals surface area (Å²) in [7, 11) is 0. The molecule has 1 aliphatic heterocycles. The maximum atomic E-state index is 11.7. The van der Waals surface area contributed by atoms with Gasteiger partial charge in [-0.05, 0) is 23.9 Å². The molecule has 0 unspecified atom stereocenters. The second kappa shape index (κ2) is 4.25. The van der Waals surface area contributed by atoms with Gasteiger partial charge in [-0.1, -0.05) is 36.4 Å². The summed E-state index contributed by atoms with van der Waals surface area (Å²) >= 11 is 1.64. The van der Waals surface area contributed by atoms with E-state index >= 15 is 0 Å². The number of carbonyl (C=O) groups is 1. The fourth-order valence-corrected chi connectivity index (χ4v) is 3.49. The number of benzene rings is 1. The third kappa shape index (κ3) is 1.75. The van der Waals surface area contributed by atoms with E-state index in [1.54, 1.807) is 11.3 Å². The van der Waals surface area contributed by atoms with Crippen molar-refractivity contribution in [2.45, 2.75) is 24.9 Å². The van der Waals surface area contributed by atoms with Crippen LogP contribution in [0, 0.1) is 0 Å². The summed E-state index contributed by atoms with van der Waals surface area (Å²) in [4.78, 5) is 12.8. The van der Waals surface area contributed by atoms with E-state index in [0.29, 0.717) is 6.42 Å². The second-order valence-electron chi connectivity index (χ2n) is 4.73. The fourth-order valence-electron chi connectivity index (χ4n) is 2.61. The number of hydrogen-bond donors (Lipinski definition) is 0. The molecule has 2 nitrogen and oxygen atoms in total. The highest BCUT2D eigenvalue weighted by Crippen LogP contribution is 2.48. The number of esters is 1. The average molecular weight is 258 g/mol. The van der Waals surface area contributed by atoms with Gasteiger partial charge in [-0.25, -0.2) is 0 Å². The SMILES string of the molecule is C[C@@]1(c2cccs2)OC(=O)C[C@H]1c1ccccc1. The summed E-state index contributed by atoms with van der Waals surface area (Å²) in [6.07, 6.45) is 0.457. The van der Waals surface area contributed by atoms with Crippen LogP contribution in [0.3, 0.4) is 0 Å². The standard InChI is InChI=1S/C15H14O2S/c1-15(13-8-5-9-18-13)12(10-14(16)17-15)11-6-3-2-4-7-11/h2-9,12H,10H2,1H3/t12-,15+/m0/s1. The molecular weight excluding hydrogens is 244 g/mol. The summed E-state index contributed by atoms with van der Waals surface area (Å²) in [6.45, 7) is 2.02. The minimum absolute atomic E-state index is 0.102. The lowest BCUT2D eigenvalue weighted by Crippen LogP contribution is -2.26. The van der Waals surface area contributed by atoms with E-state index in [4.69, 9.17) is 4.74 Å². The van der Waals surface area contributed by atoms with Crippen LogP contribution in [0.15, 0.2) is 47.8 Å². The van der Waals surface area contributed by atoms with Crippen molar-refractivity contribution in [3.63, 3.8) is 0 Å². The Morgan fingerprint density at radius 3 is 2.67 bits per heavy atom. The van der Waals surface area contributed by atoms with E-state index < -0.39 is 5.60 Å². The van der Waals surface area contributed by atoms with Crippen LogP contribution in [0.5, 0.6) is 0 Å². The molecule has 1 aromatic carbocycles. The van der Waals surface area contributed by atoms with Crippen LogP contribution in [-0.2, 0) is 15.1 Å². The summed E-state index contributed by atoms with van der Waals surface area (Å²) in [5, 5.41) is 2.02. The van der Waals surface area contributed by atoms with Crippen molar-refractivity contribution in [2.24, 2.45) is 0 Å². The molecule has 2 atom stereocenters. The minimum Gasteiger partial charge on any atom is -0.453 e. The average Bonchev–Trinajstić information content (AvgIpc) is 2.99. The highest BCUT2D eigenvalue weighted by Gasteiger charge is 2.48. The molecule has 2 heterocycles. The van der Waals surface area contributed by atoms with Gasteiger partial charge in [0.2, 0.25) is 0 Å². The molecule has 0 N–H and O–H groups in total. The molecule has 92 valence electrons. The Balaban J connectivity index is 2.05. The molecule has 1 aliphatic rings. The van der Waals surface area contributed by atoms with Crippen LogP contribution in [-0.4, -0.2) is 5.97 Å². The Hall–Kier alpha value is -1.61. The monoisotopic (exact) mass is 258 g/mol. The first kappa shape index (κ1) is 11.5. The first-order valence-electron chi connectivity index (χ1n) is 6.01. The van der Waals surface area contributed by atoms with E-state index in [2.05, 4.69) is 12.1 Å². The van der Waals surface area contributed by atoms with Crippen molar-refractivity contribution in [1.29, 1.82) is 0 Å². The summed E-state index contributed by atoms with van der Waals surface area (Å²) in [5.74, 6) is -0.00963. The molecule has 3 heteroatoms. The van der Waals surface area contributed by atoms with E-state index in [1.165, 1.54) is 5.56 Å². The lowest BCUT2D eigenvalue weighted by atomic mass is 9.82. The number of thiophene rings is 1. The molecule has 0 amide bonds. The molecular formula is C15H14O2S. The Morgan fingerprint density at radius 1 is 1.22 bits per heavy atom. The van der Waals surface area contributed by atoms with Crippen molar-refractivity contribution in [3.8, 4) is 0 Å². The van der Waals surface area contributed by atoms with E-state index in [-0.39, 0.29) is 11.9 Å². The number of carbonyl (C=O) groups excluding carboxylic acids is 1. The van der Waals surface area contributed by atoms with Crippen LogP contribution in [0.2, 0.25) is 0 Å². The Morgan fingerprint density at radius 2 is 2.00 bits per heavy atom. The predicted molar refractivity (Wildman–Crippen MR) is 71.6 cm³/mol. The molecule has 1 saturated heterocycles. The van der Waals surface area contributed by atoms with Gasteiger partial charge in [-0.3, -0.25) is 4.79 Å². The van der Waals surface area contributed by atoms with E-state index in [0.717, 1.165) is 4.88 Å². The van der Waals surface area contributed by atoms with Crippen LogP contribution in [0.1, 0.15) is 29.7 Å². The van der Waals surface area contributed by atoms with Gasteiger partial charge in [0.25, 0.3) is 0 Å². The normalized spacial score (nSPS) is 27.2. The molecule has 0 saturated carbocycles. The molecule has 2 aromatic rings. The topological polar surface area (TPSA) is 26.3 Å². The highest BCUT2D eigenvalue weighted by molar-refractivity contribution is 7.10. The van der Waals surface area contributed by atoms with E-state index in [9.17, 15) is 4.79 Å². The summed E-state index contributed by atoms with van der Waals surface area (Å²) in [6, 6.07) is 14.2. The highest BCUT2D eigenvalue weighted by atomic mass is 32.1. The zero-order chi connectivity index (χ0) is 12.6. The summed E-state index contributed by atoms with van der Waals surface area (Å²) < 4.78 is 5.63. The maximum absolute atomic E-state index is 11.7. The fraction of sp³-hybridized carbons (Fsp3) is 0.267. The van der Waals surface area contributed by atoms with Gasteiger partial charge in [0.15, 0.2) is 5.60 Å². The molecule has 1 fully saturated rings. The van der Waals surface area contributed by atoms with Crippen LogP contribution in [0.4, 0.5) is 0 Å². The zero-order valence-corrected chi connectivity index (χ0v) is 10.9. The number of cyclic esters (lactones) is 1. The molecule has 0 radical (unpaired) electrons. The number of ether oxygens (including phenoxy) is 1. The Labute approximate surface area is 110 Å². The minimum atomic E-state index is -0.521. The number of rotatable bonds is 2. The van der Waals surface area contributed by atoms with Crippen LogP contribution in [0.25, 0.3) is 0 Å². The molecule has 18 heavy (non-hydrogen) atoms. The lowest BCUT2D eigenvalue weighted by Gasteiger charge is -2.28. The van der Waals surface area contributed by atoms with Gasteiger partial charge >= 0.3 is 5.97 Å². The quantitative estimate of drug-likeness (QED) is 0.768. The predicted octanol–water partition coefficient (Wildman–Crippen LogP) is 3.69. The maximum Gasteiger partial charge on any atom is 0.307 e. The molecule has 0 spiro atoms. The third-order valence-electron chi connectivity index (χ3n) is 3.57. The molecule has 3 rings (SSSR count).